The summed E-state index contributed by atoms with van der Waals surface area (Å²) in [5.41, 5.74) is 6.78. The van der Waals surface area contributed by atoms with Gasteiger partial charge in [-0.25, -0.2) is 4.39 Å². The van der Waals surface area contributed by atoms with E-state index in [4.69, 9.17) is 5.73 Å². The van der Waals surface area contributed by atoms with Crippen LogP contribution in [-0.2, 0) is 0 Å². The zero-order chi connectivity index (χ0) is 12.8. The van der Waals surface area contributed by atoms with Crippen LogP contribution in [0.2, 0.25) is 0 Å². The molecule has 5 heteroatoms. The first-order valence-electron chi connectivity index (χ1n) is 6.06. The minimum Gasteiger partial charge on any atom is -0.370 e. The standard InChI is InChI=1S/C13H16FN3S/c1-18-13(5-6-13)11-8-16-12(15)17(11)10-4-2-3-9(14)7-10/h2-4,7,11H,5-6,8H2,1H3,(H2,15,16). The van der Waals surface area contributed by atoms with Crippen molar-refractivity contribution in [3.05, 3.63) is 30.1 Å². The summed E-state index contributed by atoms with van der Waals surface area (Å²) in [5, 5.41) is 0. The van der Waals surface area contributed by atoms with E-state index in [1.165, 1.54) is 25.0 Å². The Bertz CT molecular complexity index is 499. The Morgan fingerprint density at radius 1 is 1.50 bits per heavy atom. The average molecular weight is 265 g/mol. The summed E-state index contributed by atoms with van der Waals surface area (Å²) < 4.78 is 13.6. The fourth-order valence-corrected chi connectivity index (χ4v) is 3.60. The molecule has 2 N–H and O–H groups in total. The topological polar surface area (TPSA) is 41.6 Å². The summed E-state index contributed by atoms with van der Waals surface area (Å²) in [4.78, 5) is 6.34. The van der Waals surface area contributed by atoms with Crippen molar-refractivity contribution >= 4 is 23.4 Å². The van der Waals surface area contributed by atoms with Crippen LogP contribution < -0.4 is 10.6 Å². The van der Waals surface area contributed by atoms with Crippen molar-refractivity contribution in [1.29, 1.82) is 0 Å². The largest absolute Gasteiger partial charge is 0.370 e. The van der Waals surface area contributed by atoms with Gasteiger partial charge in [0, 0.05) is 10.4 Å². The first-order valence-corrected chi connectivity index (χ1v) is 7.29. The lowest BCUT2D eigenvalue weighted by Crippen LogP contribution is -2.47. The summed E-state index contributed by atoms with van der Waals surface area (Å²) in [6, 6.07) is 6.83. The van der Waals surface area contributed by atoms with Crippen LogP contribution in [0.3, 0.4) is 0 Å². The molecule has 18 heavy (non-hydrogen) atoms. The van der Waals surface area contributed by atoms with Gasteiger partial charge in [-0.3, -0.25) is 4.99 Å². The van der Waals surface area contributed by atoms with Crippen LogP contribution in [0.4, 0.5) is 10.1 Å². The second-order valence-electron chi connectivity index (χ2n) is 4.83. The SMILES string of the molecule is CSC1(C2CN=C(N)N2c2cccc(F)c2)CC1. The van der Waals surface area contributed by atoms with Gasteiger partial charge in [-0.2, -0.15) is 11.8 Å². The van der Waals surface area contributed by atoms with Crippen molar-refractivity contribution in [2.75, 3.05) is 17.7 Å². The molecule has 0 amide bonds. The molecule has 96 valence electrons. The monoisotopic (exact) mass is 265 g/mol. The van der Waals surface area contributed by atoms with Gasteiger partial charge in [0.05, 0.1) is 12.6 Å². The third kappa shape index (κ3) is 1.77. The number of guanidine groups is 1. The molecule has 1 heterocycles. The second-order valence-corrected chi connectivity index (χ2v) is 6.05. The van der Waals surface area contributed by atoms with Crippen LogP contribution in [0.1, 0.15) is 12.8 Å². The first-order chi connectivity index (χ1) is 8.66. The number of benzene rings is 1. The molecule has 3 nitrogen and oxygen atoms in total. The Hall–Kier alpha value is -1.23. The summed E-state index contributed by atoms with van der Waals surface area (Å²) >= 11 is 1.88. The smallest absolute Gasteiger partial charge is 0.196 e. The van der Waals surface area contributed by atoms with E-state index in [2.05, 4.69) is 11.2 Å². The number of nitrogens with zero attached hydrogens (tertiary/aromatic N) is 2. The zero-order valence-corrected chi connectivity index (χ0v) is 11.1. The predicted molar refractivity (Wildman–Crippen MR) is 74.6 cm³/mol. The van der Waals surface area contributed by atoms with Gasteiger partial charge in [0.15, 0.2) is 5.96 Å². The highest BCUT2D eigenvalue weighted by atomic mass is 32.2. The lowest BCUT2D eigenvalue weighted by atomic mass is 10.1. The van der Waals surface area contributed by atoms with Gasteiger partial charge in [0.1, 0.15) is 5.82 Å². The van der Waals surface area contributed by atoms with Crippen molar-refractivity contribution in [2.45, 2.75) is 23.6 Å². The van der Waals surface area contributed by atoms with E-state index in [-0.39, 0.29) is 16.6 Å². The third-order valence-corrected chi connectivity index (χ3v) is 5.32. The molecule has 1 saturated carbocycles. The van der Waals surface area contributed by atoms with E-state index in [1.807, 2.05) is 22.7 Å². The Morgan fingerprint density at radius 3 is 2.89 bits per heavy atom. The van der Waals surface area contributed by atoms with E-state index in [1.54, 1.807) is 6.07 Å². The predicted octanol–water partition coefficient (Wildman–Crippen LogP) is 2.22. The van der Waals surface area contributed by atoms with Crippen molar-refractivity contribution in [1.82, 2.24) is 0 Å². The molecule has 1 atom stereocenters. The van der Waals surface area contributed by atoms with Gasteiger partial charge in [-0.1, -0.05) is 6.07 Å². The number of hydrogen-bond acceptors (Lipinski definition) is 4. The van der Waals surface area contributed by atoms with E-state index in [0.29, 0.717) is 12.5 Å². The maximum atomic E-state index is 13.4. The minimum atomic E-state index is -0.236. The van der Waals surface area contributed by atoms with Gasteiger partial charge in [-0.05, 0) is 37.3 Å². The maximum absolute atomic E-state index is 13.4. The van der Waals surface area contributed by atoms with Gasteiger partial charge >= 0.3 is 0 Å². The molecule has 1 aliphatic heterocycles. The van der Waals surface area contributed by atoms with Crippen LogP contribution in [0.25, 0.3) is 0 Å². The molecule has 0 spiro atoms. The number of nitrogens with two attached hydrogens (primary N) is 1. The summed E-state index contributed by atoms with van der Waals surface area (Å²) in [7, 11) is 0. The minimum absolute atomic E-state index is 0.236. The highest BCUT2D eigenvalue weighted by molar-refractivity contribution is 8.00. The Kier molecular flexibility index (Phi) is 2.73. The molecule has 0 bridgehead atoms. The first kappa shape index (κ1) is 11.8. The molecule has 1 unspecified atom stereocenters. The molecular formula is C13H16FN3S. The fraction of sp³-hybridized carbons (Fsp3) is 0.462. The van der Waals surface area contributed by atoms with Crippen molar-refractivity contribution in [3.63, 3.8) is 0 Å². The Morgan fingerprint density at radius 2 is 2.28 bits per heavy atom. The Labute approximate surface area is 110 Å². The molecule has 1 aromatic rings. The summed E-state index contributed by atoms with van der Waals surface area (Å²) in [5.74, 6) is 0.269. The number of halogens is 1. The average Bonchev–Trinajstić information content (AvgIpc) is 3.06. The van der Waals surface area contributed by atoms with E-state index < -0.39 is 0 Å². The molecule has 0 radical (unpaired) electrons. The van der Waals surface area contributed by atoms with Crippen LogP contribution in [0, 0.1) is 5.82 Å². The number of rotatable bonds is 3. The highest BCUT2D eigenvalue weighted by Gasteiger charge is 2.53. The lowest BCUT2D eigenvalue weighted by molar-refractivity contribution is 0.623. The van der Waals surface area contributed by atoms with E-state index in [9.17, 15) is 4.39 Å². The lowest BCUT2D eigenvalue weighted by Gasteiger charge is -2.31. The number of aliphatic imine (C=N–C) groups is 1. The molecule has 1 aliphatic carbocycles. The van der Waals surface area contributed by atoms with Gasteiger partial charge < -0.3 is 10.6 Å². The zero-order valence-electron chi connectivity index (χ0n) is 10.3. The normalized spacial score (nSPS) is 25.1. The quantitative estimate of drug-likeness (QED) is 0.911. The Balaban J connectivity index is 1.95. The van der Waals surface area contributed by atoms with Crippen LogP contribution >= 0.6 is 11.8 Å². The van der Waals surface area contributed by atoms with Crippen LogP contribution in [0.5, 0.6) is 0 Å². The fourth-order valence-electron chi connectivity index (χ4n) is 2.63. The number of hydrogen-bond donors (Lipinski definition) is 1. The maximum Gasteiger partial charge on any atom is 0.196 e. The van der Waals surface area contributed by atoms with E-state index >= 15 is 0 Å². The summed E-state index contributed by atoms with van der Waals surface area (Å²) in [6.07, 6.45) is 4.51. The highest BCUT2D eigenvalue weighted by Crippen LogP contribution is 2.53. The third-order valence-electron chi connectivity index (χ3n) is 3.83. The van der Waals surface area contributed by atoms with Crippen molar-refractivity contribution in [3.8, 4) is 0 Å². The van der Waals surface area contributed by atoms with Crippen molar-refractivity contribution in [2.24, 2.45) is 10.7 Å². The molecule has 1 aromatic carbocycles. The van der Waals surface area contributed by atoms with Gasteiger partial charge in [0.25, 0.3) is 0 Å². The summed E-state index contributed by atoms with van der Waals surface area (Å²) in [6.45, 7) is 0.711. The number of anilines is 1. The van der Waals surface area contributed by atoms with Crippen molar-refractivity contribution < 1.29 is 4.39 Å². The van der Waals surface area contributed by atoms with Gasteiger partial charge in [-0.15, -0.1) is 0 Å². The molecule has 3 rings (SSSR count). The van der Waals surface area contributed by atoms with Gasteiger partial charge in [0.2, 0.25) is 0 Å². The van der Waals surface area contributed by atoms with Crippen LogP contribution in [-0.4, -0.2) is 29.5 Å². The molecular weight excluding hydrogens is 249 g/mol. The van der Waals surface area contributed by atoms with Crippen LogP contribution in [0.15, 0.2) is 29.3 Å². The molecule has 2 aliphatic rings. The second kappa shape index (κ2) is 4.16. The molecule has 0 aromatic heterocycles. The molecule has 1 fully saturated rings. The number of thioether (sulfide) groups is 1. The van der Waals surface area contributed by atoms with E-state index in [0.717, 1.165) is 5.69 Å². The molecule has 0 saturated heterocycles.